The molecule has 2 rings (SSSR count). The molecule has 2 aromatic carbocycles. The Labute approximate surface area is 147 Å². The SMILES string of the molecule is CCOc1cc(/C=C/C(=O)c2ccc(S(C)(=O)=O)cc2)ccc1OC. The molecule has 0 aliphatic heterocycles. The first-order valence-electron chi connectivity index (χ1n) is 7.68. The van der Waals surface area contributed by atoms with Gasteiger partial charge in [-0.3, -0.25) is 4.79 Å². The first-order chi connectivity index (χ1) is 11.8. The molecule has 0 aliphatic carbocycles. The Morgan fingerprint density at radius 2 is 1.76 bits per heavy atom. The van der Waals surface area contributed by atoms with E-state index in [-0.39, 0.29) is 10.7 Å². The number of ketones is 1. The van der Waals surface area contributed by atoms with Crippen molar-refractivity contribution in [2.24, 2.45) is 0 Å². The lowest BCUT2D eigenvalue weighted by Gasteiger charge is -2.09. The van der Waals surface area contributed by atoms with Gasteiger partial charge in [-0.05, 0) is 55.0 Å². The van der Waals surface area contributed by atoms with Gasteiger partial charge < -0.3 is 9.47 Å². The summed E-state index contributed by atoms with van der Waals surface area (Å²) in [6, 6.07) is 11.2. The van der Waals surface area contributed by atoms with Crippen LogP contribution in [-0.4, -0.2) is 34.2 Å². The molecule has 6 heteroatoms. The smallest absolute Gasteiger partial charge is 0.185 e. The molecule has 0 bridgehead atoms. The van der Waals surface area contributed by atoms with Crippen LogP contribution in [0, 0.1) is 0 Å². The summed E-state index contributed by atoms with van der Waals surface area (Å²) in [4.78, 5) is 12.4. The highest BCUT2D eigenvalue weighted by molar-refractivity contribution is 7.90. The average Bonchev–Trinajstić information content (AvgIpc) is 2.59. The van der Waals surface area contributed by atoms with E-state index in [1.54, 1.807) is 25.3 Å². The Balaban J connectivity index is 2.18. The molecule has 0 amide bonds. The predicted molar refractivity (Wildman–Crippen MR) is 97.1 cm³/mol. The summed E-state index contributed by atoms with van der Waals surface area (Å²) in [5, 5.41) is 0. The maximum absolute atomic E-state index is 12.2. The monoisotopic (exact) mass is 360 g/mol. The molecule has 25 heavy (non-hydrogen) atoms. The number of hydrogen-bond acceptors (Lipinski definition) is 5. The molecule has 0 aliphatic rings. The summed E-state index contributed by atoms with van der Waals surface area (Å²) in [5.41, 5.74) is 1.22. The van der Waals surface area contributed by atoms with Gasteiger partial charge in [0.2, 0.25) is 0 Å². The fourth-order valence-corrected chi connectivity index (χ4v) is 2.83. The Kier molecular flexibility index (Phi) is 5.98. The zero-order valence-electron chi connectivity index (χ0n) is 14.4. The van der Waals surface area contributed by atoms with Crippen LogP contribution >= 0.6 is 0 Å². The molecule has 2 aromatic rings. The standard InChI is InChI=1S/C19H20O5S/c1-4-24-19-13-14(6-12-18(19)23-2)5-11-17(20)15-7-9-16(10-8-15)25(3,21)22/h5-13H,4H2,1-3H3/b11-5+. The maximum Gasteiger partial charge on any atom is 0.185 e. The Morgan fingerprint density at radius 3 is 2.32 bits per heavy atom. The summed E-state index contributed by atoms with van der Waals surface area (Å²) in [7, 11) is -1.71. The van der Waals surface area contributed by atoms with Crippen LogP contribution in [0.25, 0.3) is 6.08 Å². The fraction of sp³-hybridized carbons (Fsp3) is 0.211. The van der Waals surface area contributed by atoms with Crippen LogP contribution in [0.15, 0.2) is 53.4 Å². The minimum atomic E-state index is -3.27. The Morgan fingerprint density at radius 1 is 1.08 bits per heavy atom. The van der Waals surface area contributed by atoms with E-state index in [1.807, 2.05) is 13.0 Å². The van der Waals surface area contributed by atoms with Crippen LogP contribution in [-0.2, 0) is 9.84 Å². The molecule has 0 N–H and O–H groups in total. The highest BCUT2D eigenvalue weighted by Crippen LogP contribution is 2.28. The molecule has 0 unspecified atom stereocenters. The van der Waals surface area contributed by atoms with Gasteiger partial charge in [0, 0.05) is 11.8 Å². The zero-order chi connectivity index (χ0) is 18.4. The molecule has 0 saturated carbocycles. The van der Waals surface area contributed by atoms with Crippen LogP contribution in [0.1, 0.15) is 22.8 Å². The third-order valence-corrected chi connectivity index (χ3v) is 4.61. The van der Waals surface area contributed by atoms with Crippen molar-refractivity contribution in [1.29, 1.82) is 0 Å². The molecule has 0 spiro atoms. The summed E-state index contributed by atoms with van der Waals surface area (Å²) < 4.78 is 33.6. The Bertz CT molecular complexity index is 881. The minimum absolute atomic E-state index is 0.185. The van der Waals surface area contributed by atoms with Crippen molar-refractivity contribution in [3.63, 3.8) is 0 Å². The van der Waals surface area contributed by atoms with Gasteiger partial charge in [0.1, 0.15) is 0 Å². The number of rotatable bonds is 7. The first kappa shape index (κ1) is 18.7. The van der Waals surface area contributed by atoms with E-state index in [2.05, 4.69) is 0 Å². The lowest BCUT2D eigenvalue weighted by molar-refractivity contribution is 0.104. The average molecular weight is 360 g/mol. The van der Waals surface area contributed by atoms with Crippen molar-refractivity contribution >= 4 is 21.7 Å². The lowest BCUT2D eigenvalue weighted by Crippen LogP contribution is -1.99. The van der Waals surface area contributed by atoms with Crippen molar-refractivity contribution in [1.82, 2.24) is 0 Å². The second-order valence-corrected chi connectivity index (χ2v) is 7.35. The molecule has 0 radical (unpaired) electrons. The van der Waals surface area contributed by atoms with Crippen LogP contribution in [0.5, 0.6) is 11.5 Å². The molecule has 0 atom stereocenters. The van der Waals surface area contributed by atoms with Crippen molar-refractivity contribution in [2.45, 2.75) is 11.8 Å². The highest BCUT2D eigenvalue weighted by Gasteiger charge is 2.09. The number of allylic oxidation sites excluding steroid dienone is 1. The second-order valence-electron chi connectivity index (χ2n) is 5.34. The van der Waals surface area contributed by atoms with E-state index < -0.39 is 9.84 Å². The van der Waals surface area contributed by atoms with E-state index in [4.69, 9.17) is 9.47 Å². The van der Waals surface area contributed by atoms with Gasteiger partial charge in [0.25, 0.3) is 0 Å². The number of carbonyl (C=O) groups is 1. The van der Waals surface area contributed by atoms with Crippen LogP contribution in [0.3, 0.4) is 0 Å². The van der Waals surface area contributed by atoms with E-state index in [0.29, 0.717) is 23.7 Å². The van der Waals surface area contributed by atoms with Crippen LogP contribution < -0.4 is 9.47 Å². The molecule has 0 saturated heterocycles. The first-order valence-corrected chi connectivity index (χ1v) is 9.57. The van der Waals surface area contributed by atoms with Gasteiger partial charge in [-0.15, -0.1) is 0 Å². The van der Waals surface area contributed by atoms with Gasteiger partial charge in [0.15, 0.2) is 27.1 Å². The normalized spacial score (nSPS) is 11.5. The minimum Gasteiger partial charge on any atom is -0.493 e. The number of carbonyl (C=O) groups excluding carboxylic acids is 1. The summed E-state index contributed by atoms with van der Waals surface area (Å²) in [6.45, 7) is 2.39. The maximum atomic E-state index is 12.2. The van der Waals surface area contributed by atoms with E-state index in [1.165, 1.54) is 30.3 Å². The molecular formula is C19H20O5S. The molecule has 5 nitrogen and oxygen atoms in total. The van der Waals surface area contributed by atoms with Crippen LogP contribution in [0.4, 0.5) is 0 Å². The number of benzene rings is 2. The van der Waals surface area contributed by atoms with Gasteiger partial charge in [-0.25, -0.2) is 8.42 Å². The Hall–Kier alpha value is -2.60. The number of hydrogen-bond donors (Lipinski definition) is 0. The van der Waals surface area contributed by atoms with Gasteiger partial charge in [-0.1, -0.05) is 12.1 Å². The van der Waals surface area contributed by atoms with Gasteiger partial charge >= 0.3 is 0 Å². The molecule has 0 heterocycles. The zero-order valence-corrected chi connectivity index (χ0v) is 15.2. The van der Waals surface area contributed by atoms with Crippen molar-refractivity contribution in [3.05, 3.63) is 59.7 Å². The molecule has 132 valence electrons. The van der Waals surface area contributed by atoms with E-state index in [0.717, 1.165) is 11.8 Å². The van der Waals surface area contributed by atoms with Gasteiger partial charge in [-0.2, -0.15) is 0 Å². The van der Waals surface area contributed by atoms with Crippen molar-refractivity contribution in [2.75, 3.05) is 20.0 Å². The fourth-order valence-electron chi connectivity index (χ4n) is 2.20. The predicted octanol–water partition coefficient (Wildman–Crippen LogP) is 3.39. The molecule has 0 aromatic heterocycles. The quantitative estimate of drug-likeness (QED) is 0.559. The third kappa shape index (κ3) is 4.93. The number of sulfone groups is 1. The van der Waals surface area contributed by atoms with Crippen molar-refractivity contribution in [3.8, 4) is 11.5 Å². The summed E-state index contributed by atoms with van der Waals surface area (Å²) >= 11 is 0. The lowest BCUT2D eigenvalue weighted by atomic mass is 10.1. The third-order valence-electron chi connectivity index (χ3n) is 3.48. The van der Waals surface area contributed by atoms with Gasteiger partial charge in [0.05, 0.1) is 18.6 Å². The summed E-state index contributed by atoms with van der Waals surface area (Å²) in [6.07, 6.45) is 4.24. The van der Waals surface area contributed by atoms with E-state index in [9.17, 15) is 13.2 Å². The molecule has 0 fully saturated rings. The van der Waals surface area contributed by atoms with Crippen LogP contribution in [0.2, 0.25) is 0 Å². The molecular weight excluding hydrogens is 340 g/mol. The van der Waals surface area contributed by atoms with E-state index >= 15 is 0 Å². The summed E-state index contributed by atoms with van der Waals surface area (Å²) in [5.74, 6) is 1.02. The van der Waals surface area contributed by atoms with Crippen molar-refractivity contribution < 1.29 is 22.7 Å². The number of methoxy groups -OCH3 is 1. The highest BCUT2D eigenvalue weighted by atomic mass is 32.2. The number of ether oxygens (including phenoxy) is 2. The second kappa shape index (κ2) is 7.98. The topological polar surface area (TPSA) is 69.7 Å². The largest absolute Gasteiger partial charge is 0.493 e.